The van der Waals surface area contributed by atoms with Gasteiger partial charge >= 0.3 is 0 Å². The fourth-order valence-electron chi connectivity index (χ4n) is 1.60. The second-order valence-electron chi connectivity index (χ2n) is 3.83. The maximum Gasteiger partial charge on any atom is 0.255 e. The fraction of sp³-hybridized carbons (Fsp3) is 0.417. The number of carbonyl (C=O) groups excluding carboxylic acids is 1. The summed E-state index contributed by atoms with van der Waals surface area (Å²) < 4.78 is 24.7. The maximum absolute atomic E-state index is 12.4. The highest BCUT2D eigenvalue weighted by Crippen LogP contribution is 2.17. The Morgan fingerprint density at radius 2 is 2.17 bits per heavy atom. The number of hydrogen-bond donors (Lipinski definition) is 1. The molecule has 1 aromatic rings. The van der Waals surface area contributed by atoms with Crippen molar-refractivity contribution in [3.63, 3.8) is 0 Å². The summed E-state index contributed by atoms with van der Waals surface area (Å²) in [7, 11) is 0. The van der Waals surface area contributed by atoms with Crippen LogP contribution in [0.15, 0.2) is 18.2 Å². The standard InChI is InChI=1S/C12H14ClF2NO2/c1-8-6-9(13)2-3-10(8)12(18)16(4-5-17)7-11(14)15/h2-3,6,11,17H,4-5,7H2,1H3. The second kappa shape index (κ2) is 6.66. The van der Waals surface area contributed by atoms with E-state index in [1.165, 1.54) is 12.1 Å². The van der Waals surface area contributed by atoms with Crippen LogP contribution < -0.4 is 0 Å². The van der Waals surface area contributed by atoms with Crippen LogP contribution in [0.3, 0.4) is 0 Å². The summed E-state index contributed by atoms with van der Waals surface area (Å²) in [6.07, 6.45) is -2.63. The van der Waals surface area contributed by atoms with Crippen LogP contribution in [0.2, 0.25) is 5.02 Å². The van der Waals surface area contributed by atoms with Gasteiger partial charge in [-0.15, -0.1) is 0 Å². The molecule has 0 aliphatic carbocycles. The van der Waals surface area contributed by atoms with Gasteiger partial charge in [0.1, 0.15) is 0 Å². The number of nitrogens with zero attached hydrogens (tertiary/aromatic N) is 1. The van der Waals surface area contributed by atoms with Crippen molar-refractivity contribution >= 4 is 17.5 Å². The molecular formula is C12H14ClF2NO2. The molecule has 0 aliphatic rings. The lowest BCUT2D eigenvalue weighted by atomic mass is 10.1. The largest absolute Gasteiger partial charge is 0.395 e. The number of alkyl halides is 2. The van der Waals surface area contributed by atoms with Crippen LogP contribution in [0.25, 0.3) is 0 Å². The van der Waals surface area contributed by atoms with Gasteiger partial charge in [-0.1, -0.05) is 11.6 Å². The van der Waals surface area contributed by atoms with E-state index in [-0.39, 0.29) is 13.2 Å². The number of benzene rings is 1. The summed E-state index contributed by atoms with van der Waals surface area (Å²) in [6, 6.07) is 4.62. The molecule has 3 nitrogen and oxygen atoms in total. The Kier molecular flexibility index (Phi) is 5.50. The van der Waals surface area contributed by atoms with E-state index >= 15 is 0 Å². The van der Waals surface area contributed by atoms with E-state index in [4.69, 9.17) is 16.7 Å². The van der Waals surface area contributed by atoms with Crippen molar-refractivity contribution in [2.24, 2.45) is 0 Å². The van der Waals surface area contributed by atoms with Gasteiger partial charge in [0.05, 0.1) is 13.2 Å². The van der Waals surface area contributed by atoms with Crippen LogP contribution in [0.1, 0.15) is 15.9 Å². The lowest BCUT2D eigenvalue weighted by Gasteiger charge is -2.22. The van der Waals surface area contributed by atoms with Crippen molar-refractivity contribution in [3.05, 3.63) is 34.3 Å². The third-order valence-corrected chi connectivity index (χ3v) is 2.67. The minimum Gasteiger partial charge on any atom is -0.395 e. The van der Waals surface area contributed by atoms with E-state index in [0.717, 1.165) is 4.90 Å². The fourth-order valence-corrected chi connectivity index (χ4v) is 1.83. The van der Waals surface area contributed by atoms with Crippen molar-refractivity contribution in [1.82, 2.24) is 4.90 Å². The Labute approximate surface area is 109 Å². The summed E-state index contributed by atoms with van der Waals surface area (Å²) >= 11 is 5.76. The van der Waals surface area contributed by atoms with Crippen molar-refractivity contribution in [2.75, 3.05) is 19.7 Å². The van der Waals surface area contributed by atoms with Gasteiger partial charge in [0.2, 0.25) is 0 Å². The highest BCUT2D eigenvalue weighted by Gasteiger charge is 2.20. The highest BCUT2D eigenvalue weighted by molar-refractivity contribution is 6.30. The zero-order chi connectivity index (χ0) is 13.7. The number of aryl methyl sites for hydroxylation is 1. The SMILES string of the molecule is Cc1cc(Cl)ccc1C(=O)N(CCO)CC(F)F. The van der Waals surface area contributed by atoms with E-state index in [1.54, 1.807) is 13.0 Å². The molecule has 1 aromatic carbocycles. The van der Waals surface area contributed by atoms with Crippen molar-refractivity contribution in [3.8, 4) is 0 Å². The van der Waals surface area contributed by atoms with Gasteiger partial charge in [0.15, 0.2) is 0 Å². The smallest absolute Gasteiger partial charge is 0.255 e. The predicted octanol–water partition coefficient (Wildman–Crippen LogP) is 2.35. The molecule has 6 heteroatoms. The molecule has 0 unspecified atom stereocenters. The topological polar surface area (TPSA) is 40.5 Å². The summed E-state index contributed by atoms with van der Waals surface area (Å²) in [5, 5.41) is 9.28. The molecule has 0 heterocycles. The molecular weight excluding hydrogens is 264 g/mol. The van der Waals surface area contributed by atoms with Crippen molar-refractivity contribution < 1.29 is 18.7 Å². The second-order valence-corrected chi connectivity index (χ2v) is 4.26. The summed E-state index contributed by atoms with van der Waals surface area (Å²) in [5.74, 6) is -0.529. The van der Waals surface area contributed by atoms with Gasteiger partial charge < -0.3 is 10.0 Å². The van der Waals surface area contributed by atoms with Crippen LogP contribution in [0.4, 0.5) is 8.78 Å². The van der Waals surface area contributed by atoms with Crippen LogP contribution in [-0.2, 0) is 0 Å². The lowest BCUT2D eigenvalue weighted by Crippen LogP contribution is -2.37. The Bertz CT molecular complexity index is 427. The van der Waals surface area contributed by atoms with Crippen LogP contribution >= 0.6 is 11.6 Å². The van der Waals surface area contributed by atoms with E-state index in [0.29, 0.717) is 16.1 Å². The first-order chi connectivity index (χ1) is 8.45. The molecule has 0 bridgehead atoms. The van der Waals surface area contributed by atoms with Gasteiger partial charge in [0.25, 0.3) is 12.3 Å². The van der Waals surface area contributed by atoms with Crippen molar-refractivity contribution in [1.29, 1.82) is 0 Å². The van der Waals surface area contributed by atoms with Crippen molar-refractivity contribution in [2.45, 2.75) is 13.3 Å². The number of hydrogen-bond acceptors (Lipinski definition) is 2. The molecule has 0 aliphatic heterocycles. The van der Waals surface area contributed by atoms with Gasteiger partial charge in [0, 0.05) is 17.1 Å². The Morgan fingerprint density at radius 3 is 2.67 bits per heavy atom. The number of aliphatic hydroxyl groups is 1. The van der Waals surface area contributed by atoms with E-state index in [9.17, 15) is 13.6 Å². The summed E-state index contributed by atoms with van der Waals surface area (Å²) in [4.78, 5) is 13.0. The number of halogens is 3. The Morgan fingerprint density at radius 1 is 1.50 bits per heavy atom. The molecule has 1 rings (SSSR count). The van der Waals surface area contributed by atoms with Gasteiger partial charge in [-0.25, -0.2) is 8.78 Å². The molecule has 0 radical (unpaired) electrons. The number of amides is 1. The molecule has 1 amide bonds. The predicted molar refractivity (Wildman–Crippen MR) is 65.2 cm³/mol. The van der Waals surface area contributed by atoms with Gasteiger partial charge in [-0.05, 0) is 30.7 Å². The molecule has 0 atom stereocenters. The number of carbonyl (C=O) groups is 1. The molecule has 0 saturated carbocycles. The summed E-state index contributed by atoms with van der Waals surface area (Å²) in [5.41, 5.74) is 0.929. The van der Waals surface area contributed by atoms with E-state index < -0.39 is 18.9 Å². The third kappa shape index (κ3) is 3.92. The molecule has 1 N–H and O–H groups in total. The molecule has 0 aromatic heterocycles. The summed E-state index contributed by atoms with van der Waals surface area (Å²) in [6.45, 7) is 0.510. The van der Waals surface area contributed by atoms with Gasteiger partial charge in [-0.2, -0.15) is 0 Å². The van der Waals surface area contributed by atoms with Crippen LogP contribution in [-0.4, -0.2) is 42.0 Å². The first-order valence-electron chi connectivity index (χ1n) is 5.40. The zero-order valence-electron chi connectivity index (χ0n) is 9.87. The zero-order valence-corrected chi connectivity index (χ0v) is 10.6. The maximum atomic E-state index is 12.4. The van der Waals surface area contributed by atoms with Crippen LogP contribution in [0.5, 0.6) is 0 Å². The Hall–Kier alpha value is -1.20. The number of aliphatic hydroxyl groups excluding tert-OH is 1. The first kappa shape index (κ1) is 14.9. The minimum atomic E-state index is -2.63. The quantitative estimate of drug-likeness (QED) is 0.897. The normalized spacial score (nSPS) is 10.8. The number of rotatable bonds is 5. The molecule has 100 valence electrons. The van der Waals surface area contributed by atoms with E-state index in [1.807, 2.05) is 0 Å². The first-order valence-corrected chi connectivity index (χ1v) is 5.78. The van der Waals surface area contributed by atoms with E-state index in [2.05, 4.69) is 0 Å². The lowest BCUT2D eigenvalue weighted by molar-refractivity contribution is 0.0508. The molecule has 18 heavy (non-hydrogen) atoms. The highest BCUT2D eigenvalue weighted by atomic mass is 35.5. The molecule has 0 spiro atoms. The molecule has 0 saturated heterocycles. The van der Waals surface area contributed by atoms with Crippen LogP contribution in [0, 0.1) is 6.92 Å². The average Bonchev–Trinajstić information content (AvgIpc) is 2.27. The third-order valence-electron chi connectivity index (χ3n) is 2.43. The monoisotopic (exact) mass is 277 g/mol. The molecule has 0 fully saturated rings. The Balaban J connectivity index is 2.94. The van der Waals surface area contributed by atoms with Gasteiger partial charge in [-0.3, -0.25) is 4.79 Å². The minimum absolute atomic E-state index is 0.120. The average molecular weight is 278 g/mol.